The molecular weight excluding hydrogens is 533 g/mol. The first-order valence-electron chi connectivity index (χ1n) is 15.1. The summed E-state index contributed by atoms with van der Waals surface area (Å²) in [6.45, 7) is 3.44. The van der Waals surface area contributed by atoms with Gasteiger partial charge in [0.15, 0.2) is 0 Å². The number of rotatable bonds is 8. The fourth-order valence-electron chi connectivity index (χ4n) is 7.60. The molecule has 206 valence electrons. The van der Waals surface area contributed by atoms with Crippen molar-refractivity contribution in [3.8, 4) is 0 Å². The van der Waals surface area contributed by atoms with Crippen molar-refractivity contribution < 1.29 is 0 Å². The highest BCUT2D eigenvalue weighted by Gasteiger charge is 2.52. The Morgan fingerprint density at radius 1 is 0.780 bits per heavy atom. The SMILES string of the molecule is CC1C=CC2=C(C1P(c1ccccc1)c1ccccc1)[C@@]1(CC2)CCc2cccc(NCCSc3ccccc3)c21. The average molecular weight is 572 g/mol. The lowest BCUT2D eigenvalue weighted by molar-refractivity contribution is 0.470. The molecule has 0 fully saturated rings. The van der Waals surface area contributed by atoms with Crippen LogP contribution < -0.4 is 15.9 Å². The molecule has 1 spiro atoms. The van der Waals surface area contributed by atoms with Crippen molar-refractivity contribution in [3.05, 3.63) is 144 Å². The van der Waals surface area contributed by atoms with Crippen LogP contribution in [0.5, 0.6) is 0 Å². The molecule has 0 aliphatic heterocycles. The van der Waals surface area contributed by atoms with Gasteiger partial charge >= 0.3 is 0 Å². The zero-order chi connectivity index (χ0) is 27.6. The highest BCUT2D eigenvalue weighted by Crippen LogP contribution is 2.63. The topological polar surface area (TPSA) is 12.0 Å². The second kappa shape index (κ2) is 11.7. The molecule has 4 aromatic carbocycles. The van der Waals surface area contributed by atoms with Crippen LogP contribution >= 0.6 is 19.7 Å². The molecule has 3 atom stereocenters. The Hall–Kier alpha value is -3.06. The van der Waals surface area contributed by atoms with Crippen molar-refractivity contribution in [2.24, 2.45) is 5.92 Å². The second-order valence-electron chi connectivity index (χ2n) is 11.7. The van der Waals surface area contributed by atoms with Gasteiger partial charge in [-0.05, 0) is 90.6 Å². The van der Waals surface area contributed by atoms with Crippen molar-refractivity contribution >= 4 is 36.0 Å². The molecule has 7 rings (SSSR count). The van der Waals surface area contributed by atoms with Crippen molar-refractivity contribution in [2.75, 3.05) is 17.6 Å². The van der Waals surface area contributed by atoms with Crippen LogP contribution in [0, 0.1) is 5.92 Å². The normalized spacial score (nSPS) is 22.8. The van der Waals surface area contributed by atoms with E-state index in [1.807, 2.05) is 11.8 Å². The van der Waals surface area contributed by atoms with Gasteiger partial charge in [0, 0.05) is 34.0 Å². The molecule has 41 heavy (non-hydrogen) atoms. The molecule has 3 aliphatic rings. The van der Waals surface area contributed by atoms with Gasteiger partial charge in [0.25, 0.3) is 0 Å². The molecule has 0 saturated heterocycles. The standard InChI is InChI=1S/C38H38NPS/c1-28-20-21-30-23-25-38(36(30)37(28)40(31-13-5-2-6-14-31)32-15-7-3-8-16-32)24-22-29-12-11-19-34(35(29)38)39-26-27-41-33-17-9-4-10-18-33/h2-21,28,37,39H,22-27H2,1H3/t28?,37?,38-/m1/s1. The summed E-state index contributed by atoms with van der Waals surface area (Å²) < 4.78 is 0. The van der Waals surface area contributed by atoms with Gasteiger partial charge in [-0.2, -0.15) is 0 Å². The molecule has 0 aromatic heterocycles. The largest absolute Gasteiger partial charge is 0.384 e. The van der Waals surface area contributed by atoms with Gasteiger partial charge in [-0.15, -0.1) is 11.8 Å². The summed E-state index contributed by atoms with van der Waals surface area (Å²) in [5, 5.41) is 6.92. The van der Waals surface area contributed by atoms with E-state index in [9.17, 15) is 0 Å². The van der Waals surface area contributed by atoms with Crippen LogP contribution in [0.15, 0.2) is 137 Å². The summed E-state index contributed by atoms with van der Waals surface area (Å²) in [7, 11) is -0.553. The third kappa shape index (κ3) is 5.00. The Kier molecular flexibility index (Phi) is 7.63. The van der Waals surface area contributed by atoms with E-state index < -0.39 is 7.92 Å². The second-order valence-corrected chi connectivity index (χ2v) is 15.2. The molecular formula is C38H38NPS. The summed E-state index contributed by atoms with van der Waals surface area (Å²) in [5.74, 6) is 1.56. The molecule has 3 aliphatic carbocycles. The highest BCUT2D eigenvalue weighted by atomic mass is 32.2. The summed E-state index contributed by atoms with van der Waals surface area (Å²) in [6, 6.07) is 40.6. The Balaban J connectivity index is 1.27. The number of nitrogens with one attached hydrogen (secondary N) is 1. The molecule has 2 unspecified atom stereocenters. The molecule has 0 radical (unpaired) electrons. The minimum Gasteiger partial charge on any atom is -0.384 e. The molecule has 1 nitrogen and oxygen atoms in total. The van der Waals surface area contributed by atoms with E-state index in [4.69, 9.17) is 0 Å². The van der Waals surface area contributed by atoms with E-state index >= 15 is 0 Å². The summed E-state index contributed by atoms with van der Waals surface area (Å²) in [5.41, 5.74) is 8.56. The zero-order valence-corrected chi connectivity index (χ0v) is 25.5. The fourth-order valence-corrected chi connectivity index (χ4v) is 11.6. The van der Waals surface area contributed by atoms with Gasteiger partial charge in [-0.3, -0.25) is 0 Å². The number of benzene rings is 4. The Bertz CT molecular complexity index is 1520. The summed E-state index contributed by atoms with van der Waals surface area (Å²) in [4.78, 5) is 1.34. The van der Waals surface area contributed by atoms with E-state index in [0.717, 1.165) is 12.3 Å². The van der Waals surface area contributed by atoms with Crippen LogP contribution in [-0.2, 0) is 11.8 Å². The molecule has 4 aromatic rings. The summed E-state index contributed by atoms with van der Waals surface area (Å²) in [6.07, 6.45) is 9.87. The van der Waals surface area contributed by atoms with E-state index in [1.165, 1.54) is 46.9 Å². The minimum atomic E-state index is -0.553. The third-order valence-electron chi connectivity index (χ3n) is 9.30. The first kappa shape index (κ1) is 26.8. The molecule has 1 N–H and O–H groups in total. The number of anilines is 1. The van der Waals surface area contributed by atoms with Crippen LogP contribution in [0.1, 0.15) is 37.3 Å². The molecule has 3 heteroatoms. The number of fused-ring (bicyclic) bond motifs is 3. The van der Waals surface area contributed by atoms with Crippen molar-refractivity contribution in [1.82, 2.24) is 0 Å². The molecule has 0 bridgehead atoms. The number of thioether (sulfide) groups is 1. The lowest BCUT2D eigenvalue weighted by Gasteiger charge is -2.43. The average Bonchev–Trinajstić information content (AvgIpc) is 3.60. The first-order chi connectivity index (χ1) is 20.2. The van der Waals surface area contributed by atoms with Gasteiger partial charge in [-0.25, -0.2) is 0 Å². The zero-order valence-electron chi connectivity index (χ0n) is 23.8. The van der Waals surface area contributed by atoms with E-state index in [0.29, 0.717) is 11.6 Å². The number of aryl methyl sites for hydroxylation is 1. The van der Waals surface area contributed by atoms with Crippen molar-refractivity contribution in [1.29, 1.82) is 0 Å². The smallest absolute Gasteiger partial charge is 0.0384 e. The van der Waals surface area contributed by atoms with E-state index in [2.05, 4.69) is 134 Å². The Labute approximate surface area is 250 Å². The van der Waals surface area contributed by atoms with Crippen LogP contribution in [0.4, 0.5) is 5.69 Å². The predicted octanol–water partition coefficient (Wildman–Crippen LogP) is 8.87. The van der Waals surface area contributed by atoms with Crippen LogP contribution in [-0.4, -0.2) is 18.0 Å². The molecule has 0 saturated carbocycles. The van der Waals surface area contributed by atoms with Gasteiger partial charge in [0.2, 0.25) is 0 Å². The number of hydrogen-bond donors (Lipinski definition) is 1. The van der Waals surface area contributed by atoms with Gasteiger partial charge in [0.05, 0.1) is 0 Å². The Morgan fingerprint density at radius 2 is 1.44 bits per heavy atom. The number of allylic oxidation sites excluding steroid dienone is 4. The maximum Gasteiger partial charge on any atom is 0.0384 e. The van der Waals surface area contributed by atoms with Crippen LogP contribution in [0.25, 0.3) is 0 Å². The highest BCUT2D eigenvalue weighted by molar-refractivity contribution is 7.99. The van der Waals surface area contributed by atoms with E-state index in [-0.39, 0.29) is 5.41 Å². The van der Waals surface area contributed by atoms with E-state index in [1.54, 1.807) is 22.3 Å². The quantitative estimate of drug-likeness (QED) is 0.129. The third-order valence-corrected chi connectivity index (χ3v) is 13.3. The molecule has 0 heterocycles. The summed E-state index contributed by atoms with van der Waals surface area (Å²) >= 11 is 1.94. The lowest BCUT2D eigenvalue weighted by Crippen LogP contribution is -2.37. The van der Waals surface area contributed by atoms with Crippen molar-refractivity contribution in [3.63, 3.8) is 0 Å². The fraction of sp³-hybridized carbons (Fsp3) is 0.263. The van der Waals surface area contributed by atoms with Gasteiger partial charge < -0.3 is 5.32 Å². The van der Waals surface area contributed by atoms with Crippen molar-refractivity contribution in [2.45, 2.75) is 48.6 Å². The Morgan fingerprint density at radius 3 is 2.15 bits per heavy atom. The predicted molar refractivity (Wildman–Crippen MR) is 180 cm³/mol. The minimum absolute atomic E-state index is 0.134. The van der Waals surface area contributed by atoms with Crippen LogP contribution in [0.3, 0.4) is 0 Å². The maximum absolute atomic E-state index is 3.92. The van der Waals surface area contributed by atoms with Crippen LogP contribution in [0.2, 0.25) is 0 Å². The first-order valence-corrected chi connectivity index (χ1v) is 17.5. The van der Waals surface area contributed by atoms with Gasteiger partial charge in [-0.1, -0.05) is 110 Å². The number of hydrogen-bond acceptors (Lipinski definition) is 2. The maximum atomic E-state index is 3.92. The monoisotopic (exact) mass is 571 g/mol. The lowest BCUT2D eigenvalue weighted by atomic mass is 9.71. The van der Waals surface area contributed by atoms with Gasteiger partial charge in [0.1, 0.15) is 0 Å². The molecule has 0 amide bonds.